The average Bonchev–Trinajstić information content (AvgIpc) is 2.76. The molecule has 9 heteroatoms. The standard InChI is InChI=1S/C23H30F2N4O3/c1-15-10-16-6-5-9-26-21(16)29-19(15)7-3-4-8-23(24,25)12-17(11-20(30)31)18-13-27-22(32-2)28-14-18/h10,13-14,17H,3-9,11-12H2,1-2H3,(H,26,29)(H,30,31). The van der Waals surface area contributed by atoms with Gasteiger partial charge in [0.05, 0.1) is 13.5 Å². The number of methoxy groups -OCH3 is 1. The van der Waals surface area contributed by atoms with E-state index in [9.17, 15) is 18.7 Å². The van der Waals surface area contributed by atoms with Crippen molar-refractivity contribution < 1.29 is 23.4 Å². The van der Waals surface area contributed by atoms with Gasteiger partial charge in [0.15, 0.2) is 0 Å². The number of anilines is 1. The maximum Gasteiger partial charge on any atom is 0.316 e. The summed E-state index contributed by atoms with van der Waals surface area (Å²) < 4.78 is 34.3. The highest BCUT2D eigenvalue weighted by Crippen LogP contribution is 2.36. The van der Waals surface area contributed by atoms with E-state index in [2.05, 4.69) is 21.4 Å². The fraction of sp³-hybridized carbons (Fsp3) is 0.565. The molecule has 0 bridgehead atoms. The summed E-state index contributed by atoms with van der Waals surface area (Å²) in [5.41, 5.74) is 3.63. The van der Waals surface area contributed by atoms with Gasteiger partial charge < -0.3 is 15.2 Å². The predicted octanol–water partition coefficient (Wildman–Crippen LogP) is 4.54. The number of rotatable bonds is 11. The number of alkyl halides is 2. The van der Waals surface area contributed by atoms with Gasteiger partial charge in [-0.05, 0) is 55.7 Å². The van der Waals surface area contributed by atoms with Crippen molar-refractivity contribution in [2.75, 3.05) is 19.0 Å². The molecule has 0 fully saturated rings. The van der Waals surface area contributed by atoms with Crippen LogP contribution in [0, 0.1) is 6.92 Å². The molecule has 1 aliphatic heterocycles. The molecule has 0 saturated heterocycles. The van der Waals surface area contributed by atoms with Gasteiger partial charge in [-0.1, -0.05) is 6.07 Å². The smallest absolute Gasteiger partial charge is 0.316 e. The van der Waals surface area contributed by atoms with Gasteiger partial charge in [-0.3, -0.25) is 4.79 Å². The third-order valence-corrected chi connectivity index (χ3v) is 5.79. The Morgan fingerprint density at radius 3 is 2.75 bits per heavy atom. The second-order valence-electron chi connectivity index (χ2n) is 8.36. The van der Waals surface area contributed by atoms with E-state index in [0.717, 1.165) is 36.5 Å². The summed E-state index contributed by atoms with van der Waals surface area (Å²) in [6.07, 6.45) is 5.11. The number of halogens is 2. The van der Waals surface area contributed by atoms with Crippen molar-refractivity contribution in [2.45, 2.75) is 70.1 Å². The summed E-state index contributed by atoms with van der Waals surface area (Å²) in [5.74, 6) is -4.08. The molecule has 174 valence electrons. The fourth-order valence-electron chi connectivity index (χ4n) is 4.09. The maximum atomic E-state index is 14.7. The summed E-state index contributed by atoms with van der Waals surface area (Å²) in [6.45, 7) is 2.92. The molecule has 3 rings (SSSR count). The molecule has 1 aliphatic rings. The minimum absolute atomic E-state index is 0.107. The number of nitrogens with one attached hydrogen (secondary N) is 1. The number of hydrogen-bond acceptors (Lipinski definition) is 6. The normalized spacial score (nSPS) is 14.4. The largest absolute Gasteiger partial charge is 0.481 e. The maximum absolute atomic E-state index is 14.7. The summed E-state index contributed by atoms with van der Waals surface area (Å²) in [6, 6.07) is 2.25. The van der Waals surface area contributed by atoms with Crippen LogP contribution >= 0.6 is 0 Å². The number of fused-ring (bicyclic) bond motifs is 1. The van der Waals surface area contributed by atoms with Crippen molar-refractivity contribution in [2.24, 2.45) is 0 Å². The Balaban J connectivity index is 1.55. The fourth-order valence-corrected chi connectivity index (χ4v) is 4.09. The number of carboxylic acids is 1. The van der Waals surface area contributed by atoms with Crippen molar-refractivity contribution in [3.05, 3.63) is 40.8 Å². The van der Waals surface area contributed by atoms with Gasteiger partial charge in [-0.25, -0.2) is 23.7 Å². The number of aryl methyl sites for hydroxylation is 3. The average molecular weight is 449 g/mol. The molecule has 1 unspecified atom stereocenters. The predicted molar refractivity (Wildman–Crippen MR) is 116 cm³/mol. The van der Waals surface area contributed by atoms with Gasteiger partial charge in [0.2, 0.25) is 5.92 Å². The third-order valence-electron chi connectivity index (χ3n) is 5.79. The molecule has 2 aromatic rings. The van der Waals surface area contributed by atoms with Crippen LogP contribution < -0.4 is 10.1 Å². The van der Waals surface area contributed by atoms with Gasteiger partial charge in [-0.15, -0.1) is 0 Å². The number of nitrogens with zero attached hydrogens (tertiary/aromatic N) is 3. The molecule has 1 atom stereocenters. The Labute approximate surface area is 186 Å². The van der Waals surface area contributed by atoms with Crippen LogP contribution in [0.25, 0.3) is 0 Å². The first-order valence-corrected chi connectivity index (χ1v) is 11.0. The minimum Gasteiger partial charge on any atom is -0.481 e. The van der Waals surface area contributed by atoms with Crippen LogP contribution in [0.2, 0.25) is 0 Å². The Hall–Kier alpha value is -2.84. The first-order valence-electron chi connectivity index (χ1n) is 11.0. The number of ether oxygens (including phenoxy) is 1. The number of aliphatic carboxylic acids is 1. The highest BCUT2D eigenvalue weighted by molar-refractivity contribution is 5.68. The third kappa shape index (κ3) is 6.58. The highest BCUT2D eigenvalue weighted by Gasteiger charge is 2.34. The van der Waals surface area contributed by atoms with Crippen LogP contribution in [0.5, 0.6) is 6.01 Å². The molecule has 3 heterocycles. The molecule has 2 N–H and O–H groups in total. The summed E-state index contributed by atoms with van der Waals surface area (Å²) >= 11 is 0. The van der Waals surface area contributed by atoms with Gasteiger partial charge in [0.1, 0.15) is 5.82 Å². The van der Waals surface area contributed by atoms with Gasteiger partial charge in [0.25, 0.3) is 0 Å². The van der Waals surface area contributed by atoms with E-state index in [4.69, 9.17) is 9.72 Å². The number of unbranched alkanes of at least 4 members (excludes halogenated alkanes) is 1. The summed E-state index contributed by atoms with van der Waals surface area (Å²) in [7, 11) is 1.40. The SMILES string of the molecule is COc1ncc(C(CC(=O)O)CC(F)(F)CCCCc2nc3c(cc2C)CCCN3)cn1. The Kier molecular flexibility index (Phi) is 7.93. The Morgan fingerprint density at radius 2 is 2.06 bits per heavy atom. The zero-order valence-electron chi connectivity index (χ0n) is 18.5. The van der Waals surface area contributed by atoms with Crippen molar-refractivity contribution in [3.8, 4) is 6.01 Å². The lowest BCUT2D eigenvalue weighted by molar-refractivity contribution is -0.138. The van der Waals surface area contributed by atoms with Gasteiger partial charge in [0, 0.05) is 43.4 Å². The second-order valence-corrected chi connectivity index (χ2v) is 8.36. The molecule has 0 spiro atoms. The highest BCUT2D eigenvalue weighted by atomic mass is 19.3. The monoisotopic (exact) mass is 448 g/mol. The first-order chi connectivity index (χ1) is 15.3. The molecule has 0 amide bonds. The van der Waals surface area contributed by atoms with Crippen molar-refractivity contribution >= 4 is 11.8 Å². The minimum atomic E-state index is -2.99. The molecule has 0 aromatic carbocycles. The second kappa shape index (κ2) is 10.7. The molecule has 7 nitrogen and oxygen atoms in total. The van der Waals surface area contributed by atoms with E-state index in [1.54, 1.807) is 0 Å². The van der Waals surface area contributed by atoms with Crippen LogP contribution in [0.1, 0.15) is 66.8 Å². The molecular weight excluding hydrogens is 418 g/mol. The lowest BCUT2D eigenvalue weighted by Gasteiger charge is -2.23. The van der Waals surface area contributed by atoms with Crippen LogP contribution in [0.15, 0.2) is 18.5 Å². The summed E-state index contributed by atoms with van der Waals surface area (Å²) in [5, 5.41) is 12.5. The molecule has 32 heavy (non-hydrogen) atoms. The van der Waals surface area contributed by atoms with Crippen LogP contribution in [-0.2, 0) is 17.6 Å². The number of hydrogen-bond donors (Lipinski definition) is 2. The zero-order chi connectivity index (χ0) is 23.1. The number of pyridine rings is 1. The quantitative estimate of drug-likeness (QED) is 0.487. The molecule has 0 aliphatic carbocycles. The van der Waals surface area contributed by atoms with Crippen molar-refractivity contribution in [1.29, 1.82) is 0 Å². The zero-order valence-corrected chi connectivity index (χ0v) is 18.5. The van der Waals surface area contributed by atoms with Crippen LogP contribution in [0.4, 0.5) is 14.6 Å². The molecule has 2 aromatic heterocycles. The van der Waals surface area contributed by atoms with E-state index in [1.807, 2.05) is 6.92 Å². The van der Waals surface area contributed by atoms with E-state index >= 15 is 0 Å². The lowest BCUT2D eigenvalue weighted by Crippen LogP contribution is -2.22. The van der Waals surface area contributed by atoms with E-state index in [0.29, 0.717) is 24.8 Å². The Morgan fingerprint density at radius 1 is 1.31 bits per heavy atom. The van der Waals surface area contributed by atoms with E-state index in [1.165, 1.54) is 25.1 Å². The number of carbonyl (C=O) groups is 1. The first kappa shape index (κ1) is 23.8. The van der Waals surface area contributed by atoms with Crippen LogP contribution in [0.3, 0.4) is 0 Å². The van der Waals surface area contributed by atoms with Crippen molar-refractivity contribution in [1.82, 2.24) is 15.0 Å². The topological polar surface area (TPSA) is 97.2 Å². The molecular formula is C23H30F2N4O3. The van der Waals surface area contributed by atoms with Crippen LogP contribution in [-0.4, -0.2) is 45.6 Å². The lowest BCUT2D eigenvalue weighted by atomic mass is 9.89. The summed E-state index contributed by atoms with van der Waals surface area (Å²) in [4.78, 5) is 23.8. The Bertz CT molecular complexity index is 922. The van der Waals surface area contributed by atoms with Crippen molar-refractivity contribution in [3.63, 3.8) is 0 Å². The van der Waals surface area contributed by atoms with Gasteiger partial charge >= 0.3 is 12.0 Å². The molecule has 0 radical (unpaired) electrons. The van der Waals surface area contributed by atoms with Gasteiger partial charge in [-0.2, -0.15) is 0 Å². The number of carboxylic acid groups (broad SMARTS) is 1. The number of aromatic nitrogens is 3. The van der Waals surface area contributed by atoms with E-state index in [-0.39, 0.29) is 12.4 Å². The van der Waals surface area contributed by atoms with E-state index < -0.39 is 30.7 Å². The molecule has 0 saturated carbocycles.